The smallest absolute Gasteiger partial charge is 0.199 e. The van der Waals surface area contributed by atoms with Gasteiger partial charge in [-0.05, 0) is 19.1 Å². The zero-order valence-corrected chi connectivity index (χ0v) is 9.00. The zero-order chi connectivity index (χ0) is 11.0. The third-order valence-electron chi connectivity index (χ3n) is 2.14. The van der Waals surface area contributed by atoms with Gasteiger partial charge in [0.15, 0.2) is 11.1 Å². The van der Waals surface area contributed by atoms with Crippen molar-refractivity contribution < 1.29 is 4.39 Å². The van der Waals surface area contributed by atoms with Gasteiger partial charge in [-0.3, -0.25) is 4.40 Å². The molecule has 1 unspecified atom stereocenters. The molecule has 0 amide bonds. The van der Waals surface area contributed by atoms with Crippen LogP contribution < -0.4 is 5.73 Å². The number of aromatic nitrogens is 2. The van der Waals surface area contributed by atoms with E-state index in [-0.39, 0.29) is 12.0 Å². The minimum atomic E-state index is -0.373. The highest BCUT2D eigenvalue weighted by atomic mass is 35.5. The lowest BCUT2D eigenvalue weighted by Crippen LogP contribution is -2.19. The van der Waals surface area contributed by atoms with Gasteiger partial charge in [-0.15, -0.1) is 0 Å². The molecular weight excluding hydrogens is 217 g/mol. The number of rotatable bonds is 2. The lowest BCUT2D eigenvalue weighted by Gasteiger charge is -2.04. The lowest BCUT2D eigenvalue weighted by atomic mass is 10.2. The molecule has 2 aromatic rings. The number of hydrogen-bond acceptors (Lipinski definition) is 2. The van der Waals surface area contributed by atoms with Gasteiger partial charge in [0.05, 0.1) is 5.52 Å². The summed E-state index contributed by atoms with van der Waals surface area (Å²) in [5, 5.41) is 0.310. The van der Waals surface area contributed by atoms with E-state index in [0.29, 0.717) is 22.9 Å². The molecule has 15 heavy (non-hydrogen) atoms. The molecule has 1 atom stereocenters. The molecular formula is C10H11ClFN3. The summed E-state index contributed by atoms with van der Waals surface area (Å²) >= 11 is 5.89. The second-order valence-electron chi connectivity index (χ2n) is 3.57. The van der Waals surface area contributed by atoms with Gasteiger partial charge in [-0.25, -0.2) is 4.98 Å². The van der Waals surface area contributed by atoms with Crippen molar-refractivity contribution in [1.82, 2.24) is 9.38 Å². The summed E-state index contributed by atoms with van der Waals surface area (Å²) in [6.07, 6.45) is 0.495. The van der Waals surface area contributed by atoms with Crippen molar-refractivity contribution in [2.75, 3.05) is 0 Å². The van der Waals surface area contributed by atoms with E-state index in [9.17, 15) is 4.39 Å². The van der Waals surface area contributed by atoms with E-state index in [1.54, 1.807) is 12.1 Å². The standard InChI is InChI=1S/C10H11ClFN3/c1-6(13)5-9-14-10(11)7-3-2-4-8(12)15(7)9/h2-4,6H,5,13H2,1H3. The lowest BCUT2D eigenvalue weighted by molar-refractivity contribution is 0.551. The van der Waals surface area contributed by atoms with Crippen molar-refractivity contribution in [1.29, 1.82) is 0 Å². The fourth-order valence-corrected chi connectivity index (χ4v) is 1.80. The Morgan fingerprint density at radius 2 is 2.33 bits per heavy atom. The molecule has 0 aliphatic rings. The van der Waals surface area contributed by atoms with E-state index in [4.69, 9.17) is 17.3 Å². The van der Waals surface area contributed by atoms with Gasteiger partial charge < -0.3 is 5.73 Å². The van der Waals surface area contributed by atoms with Crippen molar-refractivity contribution in [3.05, 3.63) is 35.1 Å². The highest BCUT2D eigenvalue weighted by molar-refractivity contribution is 6.32. The molecule has 0 saturated carbocycles. The fraction of sp³-hybridized carbons (Fsp3) is 0.300. The van der Waals surface area contributed by atoms with Crippen molar-refractivity contribution in [2.24, 2.45) is 5.73 Å². The maximum Gasteiger partial charge on any atom is 0.199 e. The molecule has 0 saturated heterocycles. The Morgan fingerprint density at radius 3 is 3.00 bits per heavy atom. The Bertz CT molecular complexity index is 493. The minimum Gasteiger partial charge on any atom is -0.328 e. The molecule has 5 heteroatoms. The van der Waals surface area contributed by atoms with E-state index >= 15 is 0 Å². The van der Waals surface area contributed by atoms with Crippen LogP contribution >= 0.6 is 11.6 Å². The molecule has 0 aromatic carbocycles. The number of nitrogens with two attached hydrogens (primary N) is 1. The van der Waals surface area contributed by atoms with Crippen molar-refractivity contribution in [3.63, 3.8) is 0 Å². The average molecular weight is 228 g/mol. The van der Waals surface area contributed by atoms with Crippen LogP contribution in [0.4, 0.5) is 4.39 Å². The molecule has 2 N–H and O–H groups in total. The number of halogens is 2. The van der Waals surface area contributed by atoms with Crippen LogP contribution in [0.25, 0.3) is 5.52 Å². The van der Waals surface area contributed by atoms with Gasteiger partial charge in [0.2, 0.25) is 0 Å². The zero-order valence-electron chi connectivity index (χ0n) is 8.24. The van der Waals surface area contributed by atoms with Crippen LogP contribution in [0.15, 0.2) is 18.2 Å². The third-order valence-corrected chi connectivity index (χ3v) is 2.42. The second-order valence-corrected chi connectivity index (χ2v) is 3.93. The van der Waals surface area contributed by atoms with E-state index in [0.717, 1.165) is 0 Å². The Labute approximate surface area is 91.7 Å². The van der Waals surface area contributed by atoms with E-state index in [1.165, 1.54) is 10.5 Å². The van der Waals surface area contributed by atoms with Gasteiger partial charge in [-0.2, -0.15) is 4.39 Å². The van der Waals surface area contributed by atoms with E-state index in [1.807, 2.05) is 6.92 Å². The SMILES string of the molecule is CC(N)Cc1nc(Cl)c2cccc(F)n12. The fourth-order valence-electron chi connectivity index (χ4n) is 1.55. The summed E-state index contributed by atoms with van der Waals surface area (Å²) in [4.78, 5) is 4.10. The maximum atomic E-state index is 13.5. The first-order valence-electron chi connectivity index (χ1n) is 4.66. The largest absolute Gasteiger partial charge is 0.328 e. The number of hydrogen-bond donors (Lipinski definition) is 1. The molecule has 2 aromatic heterocycles. The molecule has 2 rings (SSSR count). The van der Waals surface area contributed by atoms with Crippen LogP contribution in [-0.4, -0.2) is 15.4 Å². The first-order valence-corrected chi connectivity index (χ1v) is 5.04. The molecule has 0 spiro atoms. The van der Waals surface area contributed by atoms with E-state index < -0.39 is 0 Å². The van der Waals surface area contributed by atoms with Gasteiger partial charge in [0.1, 0.15) is 5.82 Å². The Balaban J connectivity index is 2.65. The maximum absolute atomic E-state index is 13.5. The predicted octanol–water partition coefficient (Wildman–Crippen LogP) is 2.02. The van der Waals surface area contributed by atoms with Gasteiger partial charge in [0.25, 0.3) is 0 Å². The third kappa shape index (κ3) is 1.82. The van der Waals surface area contributed by atoms with Crippen LogP contribution in [0.3, 0.4) is 0 Å². The molecule has 2 heterocycles. The number of fused-ring (bicyclic) bond motifs is 1. The van der Waals surface area contributed by atoms with Crippen molar-refractivity contribution in [2.45, 2.75) is 19.4 Å². The average Bonchev–Trinajstić information content (AvgIpc) is 2.44. The van der Waals surface area contributed by atoms with Crippen LogP contribution in [-0.2, 0) is 6.42 Å². The van der Waals surface area contributed by atoms with Crippen LogP contribution in [0.5, 0.6) is 0 Å². The van der Waals surface area contributed by atoms with Gasteiger partial charge in [0, 0.05) is 12.5 Å². The van der Waals surface area contributed by atoms with Crippen LogP contribution in [0.1, 0.15) is 12.7 Å². The van der Waals surface area contributed by atoms with Crippen molar-refractivity contribution >= 4 is 17.1 Å². The molecule has 3 nitrogen and oxygen atoms in total. The Morgan fingerprint density at radius 1 is 1.60 bits per heavy atom. The number of pyridine rings is 1. The van der Waals surface area contributed by atoms with Gasteiger partial charge >= 0.3 is 0 Å². The summed E-state index contributed by atoms with van der Waals surface area (Å²) in [6.45, 7) is 1.84. The van der Waals surface area contributed by atoms with Crippen LogP contribution in [0, 0.1) is 5.95 Å². The highest BCUT2D eigenvalue weighted by Crippen LogP contribution is 2.20. The van der Waals surface area contributed by atoms with E-state index in [2.05, 4.69) is 4.98 Å². The number of imidazole rings is 1. The highest BCUT2D eigenvalue weighted by Gasteiger charge is 2.13. The summed E-state index contributed by atoms with van der Waals surface area (Å²) in [5.41, 5.74) is 6.23. The molecule has 0 fully saturated rings. The Hall–Kier alpha value is -1.13. The normalized spacial score (nSPS) is 13.3. The summed E-state index contributed by atoms with van der Waals surface area (Å²) in [7, 11) is 0. The first kappa shape index (κ1) is 10.4. The summed E-state index contributed by atoms with van der Waals surface area (Å²) in [6, 6.07) is 4.62. The quantitative estimate of drug-likeness (QED) is 0.798. The topological polar surface area (TPSA) is 43.3 Å². The molecule has 0 aliphatic carbocycles. The molecule has 0 radical (unpaired) electrons. The summed E-state index contributed by atoms with van der Waals surface area (Å²) in [5.74, 6) is 0.186. The summed E-state index contributed by atoms with van der Waals surface area (Å²) < 4.78 is 14.9. The predicted molar refractivity (Wildman–Crippen MR) is 57.5 cm³/mol. The number of nitrogens with zero attached hydrogens (tertiary/aromatic N) is 2. The van der Waals surface area contributed by atoms with Gasteiger partial charge in [-0.1, -0.05) is 17.7 Å². The van der Waals surface area contributed by atoms with Crippen molar-refractivity contribution in [3.8, 4) is 0 Å². The molecule has 0 aliphatic heterocycles. The molecule has 80 valence electrons. The first-order chi connectivity index (χ1) is 7.09. The monoisotopic (exact) mass is 227 g/mol. The second kappa shape index (κ2) is 3.79. The van der Waals surface area contributed by atoms with Crippen LogP contribution in [0.2, 0.25) is 5.15 Å². The molecule has 0 bridgehead atoms. The Kier molecular flexibility index (Phi) is 2.63. The minimum absolute atomic E-state index is 0.0775.